The molecule has 0 saturated heterocycles. The van der Waals surface area contributed by atoms with Crippen molar-refractivity contribution in [3.63, 3.8) is 0 Å². The lowest BCUT2D eigenvalue weighted by Crippen LogP contribution is -1.95. The van der Waals surface area contributed by atoms with Crippen LogP contribution in [-0.2, 0) is 13.0 Å². The third kappa shape index (κ3) is 2.28. The summed E-state index contributed by atoms with van der Waals surface area (Å²) in [5.41, 5.74) is 9.04. The quantitative estimate of drug-likeness (QED) is 0.883. The fraction of sp³-hybridized carbons (Fsp3) is 0.333. The maximum absolute atomic E-state index is 5.64. The van der Waals surface area contributed by atoms with E-state index in [0.29, 0.717) is 6.54 Å². The molecule has 0 amide bonds. The molecule has 0 fully saturated rings. The van der Waals surface area contributed by atoms with Crippen LogP contribution in [0.2, 0.25) is 0 Å². The zero-order valence-electron chi connectivity index (χ0n) is 9.31. The van der Waals surface area contributed by atoms with Crippen molar-refractivity contribution in [3.05, 3.63) is 34.7 Å². The Balaban J connectivity index is 2.27. The Morgan fingerprint density at radius 3 is 2.62 bits per heavy atom. The lowest BCUT2D eigenvalue weighted by atomic mass is 10.1. The largest absolute Gasteiger partial charge is 0.326 e. The minimum atomic E-state index is 0.504. The van der Waals surface area contributed by atoms with Crippen LogP contribution in [0.5, 0.6) is 0 Å². The molecule has 1 aromatic heterocycles. The maximum Gasteiger partial charge on any atom is 0.110 e. The monoisotopic (exact) mass is 233 g/mol. The Labute approximate surface area is 99.5 Å². The van der Waals surface area contributed by atoms with Gasteiger partial charge in [0.05, 0.1) is 4.88 Å². The highest BCUT2D eigenvalue weighted by molar-refractivity contribution is 7.05. The first kappa shape index (κ1) is 11.2. The van der Waals surface area contributed by atoms with Crippen LogP contribution in [0.3, 0.4) is 0 Å². The molecule has 0 bridgehead atoms. The van der Waals surface area contributed by atoms with E-state index < -0.39 is 0 Å². The number of aromatic nitrogens is 2. The molecule has 0 aliphatic heterocycles. The van der Waals surface area contributed by atoms with Crippen molar-refractivity contribution in [3.8, 4) is 11.3 Å². The van der Waals surface area contributed by atoms with Crippen molar-refractivity contribution < 1.29 is 0 Å². The number of hydrogen-bond acceptors (Lipinski definition) is 4. The Morgan fingerprint density at radius 1 is 1.25 bits per heavy atom. The molecule has 4 heteroatoms. The molecule has 0 saturated carbocycles. The Kier molecular flexibility index (Phi) is 3.64. The SMILES string of the molecule is CCCc1ccc(-c2nnsc2CN)cc1. The molecular weight excluding hydrogens is 218 g/mol. The van der Waals surface area contributed by atoms with Crippen LogP contribution in [0.4, 0.5) is 0 Å². The molecule has 16 heavy (non-hydrogen) atoms. The molecule has 84 valence electrons. The standard InChI is InChI=1S/C12H15N3S/c1-2-3-9-4-6-10(7-5-9)12-11(8-13)16-15-14-12/h4-7H,2-3,8,13H2,1H3. The number of aryl methyl sites for hydroxylation is 1. The van der Waals surface area contributed by atoms with Gasteiger partial charge in [0.15, 0.2) is 0 Å². The Bertz CT molecular complexity index is 448. The molecule has 0 spiro atoms. The summed E-state index contributed by atoms with van der Waals surface area (Å²) in [6.07, 6.45) is 2.30. The summed E-state index contributed by atoms with van der Waals surface area (Å²) >= 11 is 1.37. The van der Waals surface area contributed by atoms with Gasteiger partial charge in [-0.15, -0.1) is 5.10 Å². The summed E-state index contributed by atoms with van der Waals surface area (Å²) in [6, 6.07) is 8.50. The molecule has 0 radical (unpaired) electrons. The van der Waals surface area contributed by atoms with Gasteiger partial charge in [-0.2, -0.15) is 0 Å². The van der Waals surface area contributed by atoms with Gasteiger partial charge >= 0.3 is 0 Å². The number of nitrogens with zero attached hydrogens (tertiary/aromatic N) is 2. The van der Waals surface area contributed by atoms with Crippen molar-refractivity contribution in [2.45, 2.75) is 26.3 Å². The predicted octanol–water partition coefficient (Wildman–Crippen LogP) is 2.62. The summed E-state index contributed by atoms with van der Waals surface area (Å²) in [5, 5.41) is 4.12. The first-order valence-corrected chi connectivity index (χ1v) is 6.23. The first-order chi connectivity index (χ1) is 7.85. The third-order valence-corrected chi connectivity index (χ3v) is 3.25. The van der Waals surface area contributed by atoms with Crippen LogP contribution in [0.15, 0.2) is 24.3 Å². The van der Waals surface area contributed by atoms with Crippen molar-refractivity contribution in [1.82, 2.24) is 9.59 Å². The molecule has 2 N–H and O–H groups in total. The van der Waals surface area contributed by atoms with Crippen LogP contribution in [0.1, 0.15) is 23.8 Å². The average molecular weight is 233 g/mol. The van der Waals surface area contributed by atoms with E-state index in [2.05, 4.69) is 40.8 Å². The van der Waals surface area contributed by atoms with Gasteiger partial charge in [0.1, 0.15) is 5.69 Å². The average Bonchev–Trinajstić information content (AvgIpc) is 2.78. The minimum Gasteiger partial charge on any atom is -0.326 e. The molecule has 0 unspecified atom stereocenters. The van der Waals surface area contributed by atoms with Gasteiger partial charge in [0, 0.05) is 12.1 Å². The summed E-state index contributed by atoms with van der Waals surface area (Å²) in [5.74, 6) is 0. The van der Waals surface area contributed by atoms with E-state index in [4.69, 9.17) is 5.73 Å². The highest BCUT2D eigenvalue weighted by Gasteiger charge is 2.08. The third-order valence-electron chi connectivity index (χ3n) is 2.51. The van der Waals surface area contributed by atoms with Crippen LogP contribution < -0.4 is 5.73 Å². The maximum atomic E-state index is 5.64. The number of rotatable bonds is 4. The van der Waals surface area contributed by atoms with Crippen LogP contribution in [-0.4, -0.2) is 9.59 Å². The second-order valence-electron chi connectivity index (χ2n) is 3.70. The first-order valence-electron chi connectivity index (χ1n) is 5.45. The van der Waals surface area contributed by atoms with Gasteiger partial charge in [-0.25, -0.2) is 0 Å². The van der Waals surface area contributed by atoms with Crippen molar-refractivity contribution in [2.24, 2.45) is 5.73 Å². The van der Waals surface area contributed by atoms with E-state index >= 15 is 0 Å². The van der Waals surface area contributed by atoms with E-state index in [-0.39, 0.29) is 0 Å². The van der Waals surface area contributed by atoms with E-state index in [0.717, 1.165) is 22.6 Å². The smallest absolute Gasteiger partial charge is 0.110 e. The van der Waals surface area contributed by atoms with Gasteiger partial charge in [0.25, 0.3) is 0 Å². The molecule has 0 aliphatic carbocycles. The predicted molar refractivity (Wildman–Crippen MR) is 67.2 cm³/mol. The Hall–Kier alpha value is -1.26. The lowest BCUT2D eigenvalue weighted by Gasteiger charge is -2.01. The normalized spacial score (nSPS) is 10.6. The summed E-state index contributed by atoms with van der Waals surface area (Å²) in [6.45, 7) is 2.69. The number of benzene rings is 1. The van der Waals surface area contributed by atoms with Crippen LogP contribution >= 0.6 is 11.5 Å². The zero-order chi connectivity index (χ0) is 11.4. The van der Waals surface area contributed by atoms with Gasteiger partial charge in [-0.3, -0.25) is 0 Å². The van der Waals surface area contributed by atoms with Gasteiger partial charge in [-0.05, 0) is 23.5 Å². The molecule has 1 aromatic carbocycles. The zero-order valence-corrected chi connectivity index (χ0v) is 10.1. The van der Waals surface area contributed by atoms with Gasteiger partial charge in [-0.1, -0.05) is 42.1 Å². The van der Waals surface area contributed by atoms with E-state index in [1.807, 2.05) is 0 Å². The lowest BCUT2D eigenvalue weighted by molar-refractivity contribution is 0.922. The van der Waals surface area contributed by atoms with Gasteiger partial charge < -0.3 is 5.73 Å². The summed E-state index contributed by atoms with van der Waals surface area (Å²) in [7, 11) is 0. The highest BCUT2D eigenvalue weighted by Crippen LogP contribution is 2.23. The minimum absolute atomic E-state index is 0.504. The molecule has 2 rings (SSSR count). The fourth-order valence-electron chi connectivity index (χ4n) is 1.68. The Morgan fingerprint density at radius 2 is 2.00 bits per heavy atom. The van der Waals surface area contributed by atoms with Crippen molar-refractivity contribution >= 4 is 11.5 Å². The molecule has 3 nitrogen and oxygen atoms in total. The summed E-state index contributed by atoms with van der Waals surface area (Å²) in [4.78, 5) is 1.04. The fourth-order valence-corrected chi connectivity index (χ4v) is 2.22. The highest BCUT2D eigenvalue weighted by atomic mass is 32.1. The van der Waals surface area contributed by atoms with Gasteiger partial charge in [0.2, 0.25) is 0 Å². The topological polar surface area (TPSA) is 51.8 Å². The van der Waals surface area contributed by atoms with E-state index in [1.165, 1.54) is 23.5 Å². The summed E-state index contributed by atoms with van der Waals surface area (Å²) < 4.78 is 3.94. The molecule has 1 heterocycles. The van der Waals surface area contributed by atoms with E-state index in [9.17, 15) is 0 Å². The number of hydrogen-bond donors (Lipinski definition) is 1. The van der Waals surface area contributed by atoms with E-state index in [1.54, 1.807) is 0 Å². The second kappa shape index (κ2) is 5.18. The molecule has 0 atom stereocenters. The number of nitrogens with two attached hydrogens (primary N) is 1. The molecule has 2 aromatic rings. The van der Waals surface area contributed by atoms with Crippen LogP contribution in [0, 0.1) is 0 Å². The van der Waals surface area contributed by atoms with Crippen molar-refractivity contribution in [1.29, 1.82) is 0 Å². The molecule has 0 aliphatic rings. The van der Waals surface area contributed by atoms with Crippen molar-refractivity contribution in [2.75, 3.05) is 0 Å². The van der Waals surface area contributed by atoms with Crippen LogP contribution in [0.25, 0.3) is 11.3 Å². The second-order valence-corrected chi connectivity index (χ2v) is 4.53. The molecular formula is C12H15N3S.